The molecule has 0 amide bonds. The monoisotopic (exact) mass is 728 g/mol. The summed E-state index contributed by atoms with van der Waals surface area (Å²) in [5, 5.41) is 102. The Kier molecular flexibility index (Phi) is 12.2. The van der Waals surface area contributed by atoms with Crippen molar-refractivity contribution in [1.29, 1.82) is 0 Å². The molecular weight excluding hydrogens is 688 g/mol. The number of fused-ring (bicyclic) bond motifs is 1. The third-order valence-corrected chi connectivity index (χ3v) is 9.04. The Morgan fingerprint density at radius 3 is 2.08 bits per heavy atom. The number of aromatic hydroxyl groups is 3. The minimum Gasteiger partial charge on any atom is -0.504 e. The molecule has 0 aromatic heterocycles. The first kappa shape index (κ1) is 38.4. The van der Waals surface area contributed by atoms with E-state index in [1.807, 2.05) is 0 Å². The number of carbonyl (C=O) groups is 2. The predicted octanol–water partition coefficient (Wildman–Crippen LogP) is -3.02. The minimum atomic E-state index is -1.86. The van der Waals surface area contributed by atoms with Gasteiger partial charge in [-0.15, -0.1) is 0 Å². The second-order valence-electron chi connectivity index (χ2n) is 12.2. The summed E-state index contributed by atoms with van der Waals surface area (Å²) in [6.45, 7) is -1.67. The van der Waals surface area contributed by atoms with Gasteiger partial charge in [-0.2, -0.15) is 0 Å². The van der Waals surface area contributed by atoms with Crippen LogP contribution >= 0.6 is 0 Å². The zero-order chi connectivity index (χ0) is 37.1. The van der Waals surface area contributed by atoms with E-state index < -0.39 is 122 Å². The van der Waals surface area contributed by atoms with E-state index in [-0.39, 0.29) is 17.7 Å². The zero-order valence-corrected chi connectivity index (χ0v) is 26.9. The van der Waals surface area contributed by atoms with Crippen LogP contribution in [0.1, 0.15) is 12.0 Å². The summed E-state index contributed by atoms with van der Waals surface area (Å²) in [5.41, 5.74) is 0.820. The lowest BCUT2D eigenvalue weighted by atomic mass is 9.83. The highest BCUT2D eigenvalue weighted by atomic mass is 16.8. The van der Waals surface area contributed by atoms with Crippen LogP contribution in [0.3, 0.4) is 0 Å². The number of phenolic OH excluding ortho intramolecular Hbond substituents is 3. The fourth-order valence-corrected chi connectivity index (χ4v) is 6.20. The highest BCUT2D eigenvalue weighted by Crippen LogP contribution is 2.44. The molecule has 3 aliphatic heterocycles. The Morgan fingerprint density at radius 1 is 0.843 bits per heavy atom. The van der Waals surface area contributed by atoms with Gasteiger partial charge in [-0.3, -0.25) is 0 Å². The van der Waals surface area contributed by atoms with Crippen molar-refractivity contribution >= 4 is 18.0 Å². The number of benzene rings is 1. The Hall–Kier alpha value is -3.86. The molecule has 282 valence electrons. The fourth-order valence-electron chi connectivity index (χ4n) is 6.20. The number of allylic oxidation sites excluding steroid dienone is 1. The van der Waals surface area contributed by atoms with Crippen LogP contribution in [0, 0.1) is 11.8 Å². The summed E-state index contributed by atoms with van der Waals surface area (Å²) in [5.74, 6) is -4.83. The maximum Gasteiger partial charge on any atom is 0.337 e. The number of ether oxygens (including phenoxy) is 7. The predicted molar refractivity (Wildman–Crippen MR) is 164 cm³/mol. The van der Waals surface area contributed by atoms with E-state index >= 15 is 0 Å². The summed E-state index contributed by atoms with van der Waals surface area (Å²) >= 11 is 0. The van der Waals surface area contributed by atoms with E-state index in [4.69, 9.17) is 33.2 Å². The maximum atomic E-state index is 12.3. The van der Waals surface area contributed by atoms with E-state index in [2.05, 4.69) is 0 Å². The van der Waals surface area contributed by atoms with Gasteiger partial charge in [0.05, 0.1) is 38.1 Å². The van der Waals surface area contributed by atoms with Crippen LogP contribution in [0.25, 0.3) is 6.08 Å². The molecule has 0 saturated carbocycles. The number of aliphatic hydroxyl groups is 7. The number of rotatable bonds is 11. The number of hydrogen-bond acceptors (Lipinski definition) is 19. The van der Waals surface area contributed by atoms with Gasteiger partial charge < -0.3 is 84.2 Å². The van der Waals surface area contributed by atoms with Gasteiger partial charge in [0.15, 0.2) is 29.8 Å². The lowest BCUT2D eigenvalue weighted by molar-refractivity contribution is -0.352. The van der Waals surface area contributed by atoms with Gasteiger partial charge in [-0.25, -0.2) is 9.59 Å². The van der Waals surface area contributed by atoms with Gasteiger partial charge in [0.1, 0.15) is 55.4 Å². The van der Waals surface area contributed by atoms with Gasteiger partial charge in [0, 0.05) is 12.0 Å². The average molecular weight is 729 g/mol. The van der Waals surface area contributed by atoms with Crippen molar-refractivity contribution in [3.8, 4) is 17.2 Å². The standard InChI is InChI=1S/C32H40O19/c1-45-29(44)15-9-47-30(21-13(8-33)3-4-14(15)21)51-32-28(43)26(41)24(39)19(50-32)11-48-31-27(42)25(40)23(38)18(49-31)10-46-20(36)5-2-12-6-16(34)22(37)17(35)7-12/h2-3,5-7,9,14,18-19,21,23-28,30-35,37-43H,4,8,10-11H2,1H3/b5-2+/t14?,18-,19-,21?,23-,24-,25+,26+,27-,28-,30+,31-,32+/m1/s1. The maximum absolute atomic E-state index is 12.3. The molecule has 19 nitrogen and oxygen atoms in total. The van der Waals surface area contributed by atoms with Crippen molar-refractivity contribution < 1.29 is 93.8 Å². The van der Waals surface area contributed by atoms with Crippen LogP contribution in [0.2, 0.25) is 0 Å². The number of aliphatic hydroxyl groups excluding tert-OH is 7. The van der Waals surface area contributed by atoms with Crippen molar-refractivity contribution in [3.05, 3.63) is 47.3 Å². The minimum absolute atomic E-state index is 0.128. The van der Waals surface area contributed by atoms with Crippen LogP contribution in [0.15, 0.2) is 41.7 Å². The normalized spacial score (nSPS) is 36.5. The first-order valence-electron chi connectivity index (χ1n) is 15.7. The van der Waals surface area contributed by atoms with Crippen molar-refractivity contribution in [2.24, 2.45) is 11.8 Å². The van der Waals surface area contributed by atoms with Gasteiger partial charge >= 0.3 is 11.9 Å². The summed E-state index contributed by atoms with van der Waals surface area (Å²) in [6, 6.07) is 2.12. The molecule has 1 aliphatic carbocycles. The Bertz CT molecular complexity index is 1490. The molecule has 0 bridgehead atoms. The van der Waals surface area contributed by atoms with Crippen LogP contribution in [0.5, 0.6) is 17.2 Å². The van der Waals surface area contributed by atoms with E-state index in [9.17, 15) is 60.7 Å². The van der Waals surface area contributed by atoms with Crippen molar-refractivity contribution in [2.45, 2.75) is 74.1 Å². The van der Waals surface area contributed by atoms with Gasteiger partial charge in [0.2, 0.25) is 6.29 Å². The average Bonchev–Trinajstić information content (AvgIpc) is 3.56. The van der Waals surface area contributed by atoms with E-state index in [0.717, 1.165) is 30.5 Å². The Balaban J connectivity index is 1.20. The highest BCUT2D eigenvalue weighted by Gasteiger charge is 2.51. The Morgan fingerprint density at radius 2 is 1.45 bits per heavy atom. The molecule has 2 unspecified atom stereocenters. The van der Waals surface area contributed by atoms with E-state index in [0.29, 0.717) is 12.0 Å². The third kappa shape index (κ3) is 8.13. The molecule has 5 rings (SSSR count). The number of methoxy groups -OCH3 is 1. The van der Waals surface area contributed by atoms with E-state index in [1.54, 1.807) is 6.08 Å². The number of hydrogen-bond donors (Lipinski definition) is 10. The van der Waals surface area contributed by atoms with Crippen molar-refractivity contribution in [2.75, 3.05) is 26.9 Å². The first-order chi connectivity index (χ1) is 24.2. The SMILES string of the molecule is COC(=O)C1=CO[C@@H](O[C@@H]2O[C@H](CO[C@@H]3O[C@H](COC(=O)/C=C/c4cc(O)c(O)c(O)c4)[C@@H](O)[C@H](O)[C@H]3O)[C@@H](O)[C@H](O)[C@H]2O)C2C(CO)=CCC12. The highest BCUT2D eigenvalue weighted by molar-refractivity contribution is 5.89. The first-order valence-corrected chi connectivity index (χ1v) is 15.7. The lowest BCUT2D eigenvalue weighted by Crippen LogP contribution is -2.62. The molecule has 10 N–H and O–H groups in total. The summed E-state index contributed by atoms with van der Waals surface area (Å²) in [7, 11) is 1.20. The smallest absolute Gasteiger partial charge is 0.337 e. The summed E-state index contributed by atoms with van der Waals surface area (Å²) in [4.78, 5) is 24.6. The summed E-state index contributed by atoms with van der Waals surface area (Å²) < 4.78 is 38.1. The largest absolute Gasteiger partial charge is 0.504 e. The molecule has 0 radical (unpaired) electrons. The molecular formula is C32H40O19. The molecule has 1 aromatic rings. The topological polar surface area (TPSA) is 301 Å². The van der Waals surface area contributed by atoms with Crippen LogP contribution in [-0.2, 0) is 42.7 Å². The Labute approximate surface area is 289 Å². The van der Waals surface area contributed by atoms with Crippen molar-refractivity contribution in [1.82, 2.24) is 0 Å². The molecule has 2 saturated heterocycles. The van der Waals surface area contributed by atoms with E-state index in [1.165, 1.54) is 7.11 Å². The van der Waals surface area contributed by atoms with Gasteiger partial charge in [-0.1, -0.05) is 6.08 Å². The van der Waals surface area contributed by atoms with Crippen LogP contribution in [0.4, 0.5) is 0 Å². The molecule has 1 aromatic carbocycles. The molecule has 4 aliphatic rings. The zero-order valence-electron chi connectivity index (χ0n) is 26.9. The van der Waals surface area contributed by atoms with Crippen LogP contribution < -0.4 is 0 Å². The van der Waals surface area contributed by atoms with Gasteiger partial charge in [-0.05, 0) is 35.8 Å². The number of phenols is 3. The number of esters is 2. The molecule has 3 heterocycles. The number of carbonyl (C=O) groups excluding carboxylic acids is 2. The third-order valence-electron chi connectivity index (χ3n) is 9.04. The quantitative estimate of drug-likeness (QED) is 0.0469. The second kappa shape index (κ2) is 16.2. The fraction of sp³-hybridized carbons (Fsp3) is 0.562. The van der Waals surface area contributed by atoms with Crippen molar-refractivity contribution in [3.63, 3.8) is 0 Å². The molecule has 0 spiro atoms. The molecule has 51 heavy (non-hydrogen) atoms. The summed E-state index contributed by atoms with van der Waals surface area (Å²) in [6.07, 6.45) is -13.0. The van der Waals surface area contributed by atoms with Gasteiger partial charge in [0.25, 0.3) is 0 Å². The lowest BCUT2D eigenvalue weighted by Gasteiger charge is -2.44. The molecule has 19 heteroatoms. The molecule has 2 fully saturated rings. The molecule has 13 atom stereocenters. The second-order valence-corrected chi connectivity index (χ2v) is 12.2. The van der Waals surface area contributed by atoms with Crippen LogP contribution in [-0.4, -0.2) is 158 Å².